The van der Waals surface area contributed by atoms with Gasteiger partial charge in [-0.15, -0.1) is 0 Å². The van der Waals surface area contributed by atoms with Gasteiger partial charge in [0.1, 0.15) is 0 Å². The molecule has 0 bridgehead atoms. The van der Waals surface area contributed by atoms with Crippen molar-refractivity contribution < 1.29 is 8.42 Å². The molecule has 1 aromatic carbocycles. The lowest BCUT2D eigenvalue weighted by Crippen LogP contribution is -2.45. The van der Waals surface area contributed by atoms with Crippen molar-refractivity contribution in [3.8, 4) is 6.07 Å². The molecule has 1 unspecified atom stereocenters. The second-order valence-corrected chi connectivity index (χ2v) is 7.54. The molecular formula is C15H21N3O2S. The lowest BCUT2D eigenvalue weighted by molar-refractivity contribution is 0.278. The zero-order valence-electron chi connectivity index (χ0n) is 12.4. The van der Waals surface area contributed by atoms with Crippen LogP contribution in [0.1, 0.15) is 36.9 Å². The minimum absolute atomic E-state index is 0.188. The van der Waals surface area contributed by atoms with E-state index in [9.17, 15) is 8.42 Å². The third-order valence-electron chi connectivity index (χ3n) is 3.95. The van der Waals surface area contributed by atoms with Crippen molar-refractivity contribution in [2.24, 2.45) is 0 Å². The average Bonchev–Trinajstić information content (AvgIpc) is 2.47. The van der Waals surface area contributed by atoms with Gasteiger partial charge in [0, 0.05) is 25.2 Å². The minimum Gasteiger partial charge on any atom is -0.307 e. The normalized spacial score (nSPS) is 19.1. The lowest BCUT2D eigenvalue weighted by atomic mass is 10.0. The van der Waals surface area contributed by atoms with E-state index in [1.165, 1.54) is 10.6 Å². The van der Waals surface area contributed by atoms with Gasteiger partial charge >= 0.3 is 0 Å². The third kappa shape index (κ3) is 4.27. The zero-order valence-corrected chi connectivity index (χ0v) is 13.2. The summed E-state index contributed by atoms with van der Waals surface area (Å²) in [5.74, 6) is 0. The van der Waals surface area contributed by atoms with Gasteiger partial charge in [0.15, 0.2) is 0 Å². The van der Waals surface area contributed by atoms with Crippen molar-refractivity contribution in [3.05, 3.63) is 35.4 Å². The minimum atomic E-state index is -3.06. The van der Waals surface area contributed by atoms with Crippen LogP contribution in [0.25, 0.3) is 0 Å². The molecule has 0 aliphatic carbocycles. The van der Waals surface area contributed by atoms with E-state index in [4.69, 9.17) is 5.26 Å². The van der Waals surface area contributed by atoms with Gasteiger partial charge in [-0.25, -0.2) is 12.7 Å². The first-order valence-corrected chi connectivity index (χ1v) is 8.96. The van der Waals surface area contributed by atoms with Crippen LogP contribution >= 0.6 is 0 Å². The zero-order chi connectivity index (χ0) is 15.5. The van der Waals surface area contributed by atoms with Gasteiger partial charge in [0.05, 0.1) is 17.9 Å². The predicted octanol–water partition coefficient (Wildman–Crippen LogP) is 1.63. The van der Waals surface area contributed by atoms with E-state index < -0.39 is 10.0 Å². The summed E-state index contributed by atoms with van der Waals surface area (Å²) in [6, 6.07) is 10.2. The highest BCUT2D eigenvalue weighted by atomic mass is 32.2. The standard InChI is InChI=1S/C15H21N3O2S/c1-12(14-5-3-13(11-16)4-6-14)17-15-7-9-18(10-8-15)21(2,19)20/h3-6,12,15,17H,7-10H2,1-2H3. The van der Waals surface area contributed by atoms with Crippen molar-refractivity contribution in [2.75, 3.05) is 19.3 Å². The lowest BCUT2D eigenvalue weighted by Gasteiger charge is -2.32. The van der Waals surface area contributed by atoms with Crippen molar-refractivity contribution in [1.82, 2.24) is 9.62 Å². The van der Waals surface area contributed by atoms with Crippen LogP contribution in [0.3, 0.4) is 0 Å². The summed E-state index contributed by atoms with van der Waals surface area (Å²) in [7, 11) is -3.06. The molecule has 0 spiro atoms. The van der Waals surface area contributed by atoms with Crippen LogP contribution in [0.4, 0.5) is 0 Å². The largest absolute Gasteiger partial charge is 0.307 e. The predicted molar refractivity (Wildman–Crippen MR) is 82.1 cm³/mol. The Bertz CT molecular complexity index is 611. The number of nitrogens with one attached hydrogen (secondary N) is 1. The first-order chi connectivity index (χ1) is 9.90. The fraction of sp³-hybridized carbons (Fsp3) is 0.533. The van der Waals surface area contributed by atoms with Gasteiger partial charge in [0.2, 0.25) is 10.0 Å². The fourth-order valence-electron chi connectivity index (χ4n) is 2.65. The molecule has 1 aromatic rings. The van der Waals surface area contributed by atoms with Crippen LogP contribution in [-0.4, -0.2) is 38.1 Å². The molecule has 0 amide bonds. The molecule has 5 nitrogen and oxygen atoms in total. The molecule has 1 aliphatic heterocycles. The summed E-state index contributed by atoms with van der Waals surface area (Å²) in [5, 5.41) is 12.3. The van der Waals surface area contributed by atoms with Crippen LogP contribution in [0, 0.1) is 11.3 Å². The van der Waals surface area contributed by atoms with E-state index in [2.05, 4.69) is 18.3 Å². The van der Waals surface area contributed by atoms with E-state index in [0.717, 1.165) is 18.4 Å². The van der Waals surface area contributed by atoms with Crippen molar-refractivity contribution in [1.29, 1.82) is 5.26 Å². The maximum absolute atomic E-state index is 11.5. The Balaban J connectivity index is 1.89. The number of hydrogen-bond acceptors (Lipinski definition) is 4. The number of piperidine rings is 1. The third-order valence-corrected chi connectivity index (χ3v) is 5.25. The summed E-state index contributed by atoms with van der Waals surface area (Å²) in [6.45, 7) is 3.25. The molecule has 1 heterocycles. The molecular weight excluding hydrogens is 286 g/mol. The highest BCUT2D eigenvalue weighted by Crippen LogP contribution is 2.19. The molecule has 1 atom stereocenters. The average molecular weight is 307 g/mol. The summed E-state index contributed by atoms with van der Waals surface area (Å²) in [6.07, 6.45) is 2.92. The molecule has 0 saturated carbocycles. The Morgan fingerprint density at radius 3 is 2.33 bits per heavy atom. The smallest absolute Gasteiger partial charge is 0.211 e. The van der Waals surface area contributed by atoms with Crippen molar-refractivity contribution in [3.63, 3.8) is 0 Å². The van der Waals surface area contributed by atoms with Crippen LogP contribution in [-0.2, 0) is 10.0 Å². The molecule has 1 aliphatic rings. The first kappa shape index (κ1) is 16.0. The van der Waals surface area contributed by atoms with Crippen LogP contribution in [0.2, 0.25) is 0 Å². The highest BCUT2D eigenvalue weighted by Gasteiger charge is 2.25. The second-order valence-electron chi connectivity index (χ2n) is 5.56. The topological polar surface area (TPSA) is 73.2 Å². The van der Waals surface area contributed by atoms with Gasteiger partial charge in [0.25, 0.3) is 0 Å². The number of rotatable bonds is 4. The van der Waals surface area contributed by atoms with E-state index in [1.807, 2.05) is 24.3 Å². The van der Waals surface area contributed by atoms with E-state index in [0.29, 0.717) is 24.7 Å². The molecule has 0 radical (unpaired) electrons. The summed E-state index contributed by atoms with van der Waals surface area (Å²) in [5.41, 5.74) is 1.80. The molecule has 1 saturated heterocycles. The molecule has 2 rings (SSSR count). The number of nitriles is 1. The van der Waals surface area contributed by atoms with E-state index in [-0.39, 0.29) is 6.04 Å². The fourth-order valence-corrected chi connectivity index (χ4v) is 3.52. The Hall–Kier alpha value is -1.42. The van der Waals surface area contributed by atoms with Crippen LogP contribution in [0.5, 0.6) is 0 Å². The highest BCUT2D eigenvalue weighted by molar-refractivity contribution is 7.88. The van der Waals surface area contributed by atoms with E-state index >= 15 is 0 Å². The molecule has 1 N–H and O–H groups in total. The number of hydrogen-bond donors (Lipinski definition) is 1. The Morgan fingerprint density at radius 1 is 1.29 bits per heavy atom. The molecule has 21 heavy (non-hydrogen) atoms. The summed E-state index contributed by atoms with van der Waals surface area (Å²) < 4.78 is 24.5. The summed E-state index contributed by atoms with van der Waals surface area (Å²) >= 11 is 0. The Labute approximate surface area is 126 Å². The molecule has 0 aromatic heterocycles. The molecule has 1 fully saturated rings. The van der Waals surface area contributed by atoms with Crippen LogP contribution in [0.15, 0.2) is 24.3 Å². The second kappa shape index (κ2) is 6.56. The number of nitrogens with zero attached hydrogens (tertiary/aromatic N) is 2. The van der Waals surface area contributed by atoms with Crippen LogP contribution < -0.4 is 5.32 Å². The van der Waals surface area contributed by atoms with Gasteiger partial charge in [-0.05, 0) is 37.5 Å². The maximum Gasteiger partial charge on any atom is 0.211 e. The molecule has 6 heteroatoms. The van der Waals surface area contributed by atoms with Gasteiger partial charge in [-0.1, -0.05) is 12.1 Å². The monoisotopic (exact) mass is 307 g/mol. The van der Waals surface area contributed by atoms with E-state index in [1.54, 1.807) is 0 Å². The van der Waals surface area contributed by atoms with Gasteiger partial charge < -0.3 is 5.32 Å². The number of benzene rings is 1. The van der Waals surface area contributed by atoms with Crippen molar-refractivity contribution >= 4 is 10.0 Å². The van der Waals surface area contributed by atoms with Gasteiger partial charge in [-0.2, -0.15) is 5.26 Å². The Kier molecular flexibility index (Phi) is 4.99. The van der Waals surface area contributed by atoms with Gasteiger partial charge in [-0.3, -0.25) is 0 Å². The maximum atomic E-state index is 11.5. The molecule has 114 valence electrons. The van der Waals surface area contributed by atoms with Crippen molar-refractivity contribution in [2.45, 2.75) is 31.8 Å². The Morgan fingerprint density at radius 2 is 1.86 bits per heavy atom. The number of sulfonamides is 1. The quantitative estimate of drug-likeness (QED) is 0.917. The first-order valence-electron chi connectivity index (χ1n) is 7.11. The SMILES string of the molecule is CC(NC1CCN(S(C)(=O)=O)CC1)c1ccc(C#N)cc1. The summed E-state index contributed by atoms with van der Waals surface area (Å²) in [4.78, 5) is 0.